The van der Waals surface area contributed by atoms with Crippen molar-refractivity contribution in [3.8, 4) is 0 Å². The highest BCUT2D eigenvalue weighted by atomic mass is 35.5. The van der Waals surface area contributed by atoms with Crippen LogP contribution in [0.25, 0.3) is 0 Å². The zero-order valence-corrected chi connectivity index (χ0v) is 17.9. The molecule has 1 N–H and O–H groups in total. The van der Waals surface area contributed by atoms with Crippen molar-refractivity contribution in [1.29, 1.82) is 0 Å². The summed E-state index contributed by atoms with van der Waals surface area (Å²) < 4.78 is 39.5. The highest BCUT2D eigenvalue weighted by molar-refractivity contribution is 6.31. The van der Waals surface area contributed by atoms with Gasteiger partial charge >= 0.3 is 6.18 Å². The van der Waals surface area contributed by atoms with Crippen LogP contribution in [0, 0.1) is 17.8 Å². The largest absolute Gasteiger partial charge is 0.417 e. The number of rotatable bonds is 4. The van der Waals surface area contributed by atoms with Gasteiger partial charge in [-0.15, -0.1) is 0 Å². The first-order valence-electron chi connectivity index (χ1n) is 10.4. The van der Waals surface area contributed by atoms with Crippen molar-refractivity contribution in [1.82, 2.24) is 4.90 Å². The van der Waals surface area contributed by atoms with E-state index in [0.717, 1.165) is 24.1 Å². The van der Waals surface area contributed by atoms with E-state index in [1.54, 1.807) is 4.90 Å². The number of benzene rings is 2. The van der Waals surface area contributed by atoms with Crippen LogP contribution in [-0.2, 0) is 22.3 Å². The van der Waals surface area contributed by atoms with Gasteiger partial charge in [0.1, 0.15) is 0 Å². The number of anilines is 1. The summed E-state index contributed by atoms with van der Waals surface area (Å²) in [6, 6.07) is 12.9. The molecule has 0 bridgehead atoms. The number of likely N-dealkylation sites (tertiary alicyclic amines) is 1. The monoisotopic (exact) mass is 462 g/mol. The Balaban J connectivity index is 1.52. The van der Waals surface area contributed by atoms with Gasteiger partial charge in [-0.2, -0.15) is 13.2 Å². The molecule has 0 spiro atoms. The first-order valence-corrected chi connectivity index (χ1v) is 10.8. The maximum absolute atomic E-state index is 13.3. The number of nitrogens with zero attached hydrogens (tertiary/aromatic N) is 1. The minimum absolute atomic E-state index is 0.00206. The fraction of sp³-hybridized carbons (Fsp3) is 0.333. The van der Waals surface area contributed by atoms with Crippen LogP contribution in [0.2, 0.25) is 5.02 Å². The lowest BCUT2D eigenvalue weighted by Gasteiger charge is -2.41. The Hall–Kier alpha value is -2.80. The molecule has 2 aromatic rings. The lowest BCUT2D eigenvalue weighted by Crippen LogP contribution is -2.50. The number of fused-ring (bicyclic) bond motifs is 1. The summed E-state index contributed by atoms with van der Waals surface area (Å²) in [5, 5.41) is 2.13. The van der Waals surface area contributed by atoms with Gasteiger partial charge in [-0.1, -0.05) is 54.1 Å². The molecule has 1 fully saturated rings. The molecule has 1 aliphatic carbocycles. The first kappa shape index (κ1) is 22.4. The molecule has 32 heavy (non-hydrogen) atoms. The van der Waals surface area contributed by atoms with E-state index < -0.39 is 34.5 Å². The summed E-state index contributed by atoms with van der Waals surface area (Å²) in [7, 11) is 0. The third-order valence-corrected chi connectivity index (χ3v) is 6.42. The summed E-state index contributed by atoms with van der Waals surface area (Å²) in [5.74, 6) is -1.81. The second-order valence-electron chi connectivity index (χ2n) is 8.18. The van der Waals surface area contributed by atoms with Crippen LogP contribution in [-0.4, -0.2) is 23.3 Å². The summed E-state index contributed by atoms with van der Waals surface area (Å²) in [6.07, 6.45) is 0.332. The third kappa shape index (κ3) is 4.67. The second kappa shape index (κ2) is 8.98. The molecule has 2 aromatic carbocycles. The molecule has 2 amide bonds. The molecule has 4 rings (SSSR count). The number of piperidine rings is 1. The summed E-state index contributed by atoms with van der Waals surface area (Å²) in [6.45, 7) is 1.06. The van der Waals surface area contributed by atoms with Crippen molar-refractivity contribution >= 4 is 29.1 Å². The van der Waals surface area contributed by atoms with Crippen molar-refractivity contribution in [2.75, 3.05) is 11.9 Å². The highest BCUT2D eigenvalue weighted by Crippen LogP contribution is 2.39. The average Bonchev–Trinajstić information content (AvgIpc) is 2.76. The SMILES string of the molecule is O=C(Nc1ccc(Cl)c(C(F)(F)F)c1)C1CC=C[C@@H]2CCN(Cc3ccccc3)C(=O)[C@H]12. The van der Waals surface area contributed by atoms with Crippen LogP contribution in [0.15, 0.2) is 60.7 Å². The molecule has 0 saturated carbocycles. The number of carbonyl (C=O) groups excluding carboxylic acids is 2. The number of nitrogens with one attached hydrogen (secondary N) is 1. The quantitative estimate of drug-likeness (QED) is 0.607. The topological polar surface area (TPSA) is 49.4 Å². The number of carbonyl (C=O) groups is 2. The lowest BCUT2D eigenvalue weighted by molar-refractivity contribution is -0.147. The standard InChI is InChI=1S/C24H22ClF3N2O2/c25-20-10-9-17(13-19(20)24(26,27)28)29-22(31)18-8-4-7-16-11-12-30(23(32)21(16)18)14-15-5-2-1-3-6-15/h1-7,9-10,13,16,18,21H,8,11-12,14H2,(H,29,31)/t16-,18?,21+/m1/s1. The molecule has 1 saturated heterocycles. The molecule has 1 unspecified atom stereocenters. The fourth-order valence-electron chi connectivity index (χ4n) is 4.51. The number of allylic oxidation sites excluding steroid dienone is 2. The van der Waals surface area contributed by atoms with Gasteiger partial charge in [-0.25, -0.2) is 0 Å². The maximum Gasteiger partial charge on any atom is 0.417 e. The number of amides is 2. The van der Waals surface area contributed by atoms with E-state index in [9.17, 15) is 22.8 Å². The Bertz CT molecular complexity index is 1040. The van der Waals surface area contributed by atoms with Crippen molar-refractivity contribution < 1.29 is 22.8 Å². The van der Waals surface area contributed by atoms with Crippen molar-refractivity contribution in [2.24, 2.45) is 17.8 Å². The summed E-state index contributed by atoms with van der Waals surface area (Å²) in [4.78, 5) is 28.1. The van der Waals surface area contributed by atoms with E-state index in [-0.39, 0.29) is 17.5 Å². The molecule has 0 aromatic heterocycles. The summed E-state index contributed by atoms with van der Waals surface area (Å²) in [5.41, 5.74) is -0.00381. The Morgan fingerprint density at radius 3 is 2.62 bits per heavy atom. The average molecular weight is 463 g/mol. The van der Waals surface area contributed by atoms with E-state index in [0.29, 0.717) is 19.5 Å². The zero-order chi connectivity index (χ0) is 22.9. The lowest BCUT2D eigenvalue weighted by atomic mass is 9.71. The van der Waals surface area contributed by atoms with E-state index in [2.05, 4.69) is 5.32 Å². The molecule has 0 radical (unpaired) electrons. The van der Waals surface area contributed by atoms with Gasteiger partial charge in [0.25, 0.3) is 0 Å². The predicted molar refractivity (Wildman–Crippen MR) is 116 cm³/mol. The van der Waals surface area contributed by atoms with Crippen LogP contribution in [0.4, 0.5) is 18.9 Å². The van der Waals surface area contributed by atoms with Crippen LogP contribution in [0.1, 0.15) is 24.0 Å². The maximum atomic E-state index is 13.3. The molecule has 3 atom stereocenters. The number of hydrogen-bond donors (Lipinski definition) is 1. The minimum atomic E-state index is -4.63. The van der Waals surface area contributed by atoms with Gasteiger partial charge < -0.3 is 10.2 Å². The van der Waals surface area contributed by atoms with Crippen molar-refractivity contribution in [3.05, 3.63) is 76.8 Å². The van der Waals surface area contributed by atoms with E-state index in [4.69, 9.17) is 11.6 Å². The first-order chi connectivity index (χ1) is 15.2. The third-order valence-electron chi connectivity index (χ3n) is 6.09. The fourth-order valence-corrected chi connectivity index (χ4v) is 4.73. The van der Waals surface area contributed by atoms with Gasteiger partial charge in [-0.05, 0) is 42.5 Å². The number of alkyl halides is 3. The molecule has 168 valence electrons. The highest BCUT2D eigenvalue weighted by Gasteiger charge is 2.44. The molecule has 1 aliphatic heterocycles. The molecule has 4 nitrogen and oxygen atoms in total. The van der Waals surface area contributed by atoms with Crippen LogP contribution >= 0.6 is 11.6 Å². The number of halogens is 4. The smallest absolute Gasteiger partial charge is 0.338 e. The predicted octanol–water partition coefficient (Wildman–Crippen LogP) is 5.54. The zero-order valence-electron chi connectivity index (χ0n) is 17.1. The second-order valence-corrected chi connectivity index (χ2v) is 8.58. The number of hydrogen-bond acceptors (Lipinski definition) is 2. The molecular formula is C24H22ClF3N2O2. The van der Waals surface area contributed by atoms with E-state index >= 15 is 0 Å². The Kier molecular flexibility index (Phi) is 6.29. The van der Waals surface area contributed by atoms with Crippen molar-refractivity contribution in [2.45, 2.75) is 25.6 Å². The minimum Gasteiger partial charge on any atom is -0.338 e. The van der Waals surface area contributed by atoms with Crippen LogP contribution in [0.3, 0.4) is 0 Å². The van der Waals surface area contributed by atoms with Gasteiger partial charge in [0.05, 0.1) is 22.4 Å². The van der Waals surface area contributed by atoms with Crippen LogP contribution in [0.5, 0.6) is 0 Å². The Morgan fingerprint density at radius 1 is 1.16 bits per heavy atom. The normalized spacial score (nSPS) is 23.1. The van der Waals surface area contributed by atoms with Crippen LogP contribution < -0.4 is 5.32 Å². The molecular weight excluding hydrogens is 441 g/mol. The van der Waals surface area contributed by atoms with E-state index in [1.165, 1.54) is 6.07 Å². The molecule has 1 heterocycles. The summed E-state index contributed by atoms with van der Waals surface area (Å²) >= 11 is 5.67. The van der Waals surface area contributed by atoms with Gasteiger partial charge in [0.2, 0.25) is 11.8 Å². The van der Waals surface area contributed by atoms with E-state index in [1.807, 2.05) is 42.5 Å². The van der Waals surface area contributed by atoms with Gasteiger partial charge in [-0.3, -0.25) is 9.59 Å². The molecule has 8 heteroatoms. The Labute approximate surface area is 189 Å². The molecule has 2 aliphatic rings. The van der Waals surface area contributed by atoms with Gasteiger partial charge in [0, 0.05) is 18.8 Å². The van der Waals surface area contributed by atoms with Gasteiger partial charge in [0.15, 0.2) is 0 Å². The Morgan fingerprint density at radius 2 is 1.91 bits per heavy atom. The van der Waals surface area contributed by atoms with Crippen molar-refractivity contribution in [3.63, 3.8) is 0 Å².